The van der Waals surface area contributed by atoms with Gasteiger partial charge >= 0.3 is 0 Å². The maximum absolute atomic E-state index is 12.8. The highest BCUT2D eigenvalue weighted by molar-refractivity contribution is 5.99. The molecule has 5 nitrogen and oxygen atoms in total. The number of nitrogens with one attached hydrogen (secondary N) is 1. The normalized spacial score (nSPS) is 22.1. The van der Waals surface area contributed by atoms with Crippen LogP contribution in [0.15, 0.2) is 18.5 Å². The summed E-state index contributed by atoms with van der Waals surface area (Å²) in [5, 5.41) is 3.28. The van der Waals surface area contributed by atoms with Gasteiger partial charge in [0.2, 0.25) is 0 Å². The molecular weight excluding hydrogens is 266 g/mol. The second-order valence-electron chi connectivity index (χ2n) is 5.83. The zero-order valence-corrected chi connectivity index (χ0v) is 13.2. The molecule has 21 heavy (non-hydrogen) atoms. The second-order valence-corrected chi connectivity index (χ2v) is 5.83. The van der Waals surface area contributed by atoms with E-state index in [1.54, 1.807) is 25.6 Å². The minimum absolute atomic E-state index is 0.0546. The largest absolute Gasteiger partial charge is 0.383 e. The summed E-state index contributed by atoms with van der Waals surface area (Å²) in [6.07, 6.45) is 6.36. The first-order valence-corrected chi connectivity index (χ1v) is 7.62. The van der Waals surface area contributed by atoms with Crippen LogP contribution in [0, 0.1) is 0 Å². The third-order valence-electron chi connectivity index (χ3n) is 4.06. The zero-order valence-electron chi connectivity index (χ0n) is 13.2. The summed E-state index contributed by atoms with van der Waals surface area (Å²) in [7, 11) is 1.72. The molecule has 1 saturated heterocycles. The first-order valence-electron chi connectivity index (χ1n) is 7.62. The van der Waals surface area contributed by atoms with E-state index in [-0.39, 0.29) is 11.5 Å². The Kier molecular flexibility index (Phi) is 5.17. The molecule has 0 spiro atoms. The van der Waals surface area contributed by atoms with E-state index in [0.29, 0.717) is 12.1 Å². The Balaban J connectivity index is 2.16. The minimum atomic E-state index is -0.238. The molecule has 2 heterocycles. The van der Waals surface area contributed by atoms with Gasteiger partial charge in [-0.2, -0.15) is 0 Å². The van der Waals surface area contributed by atoms with Crippen LogP contribution < -0.4 is 5.32 Å². The van der Waals surface area contributed by atoms with Crippen molar-refractivity contribution in [2.24, 2.45) is 0 Å². The van der Waals surface area contributed by atoms with Gasteiger partial charge in [0.05, 0.1) is 23.0 Å². The Hall–Kier alpha value is -1.62. The highest BCUT2D eigenvalue weighted by Crippen LogP contribution is 2.26. The van der Waals surface area contributed by atoms with E-state index in [1.165, 1.54) is 0 Å². The number of nitrogens with zero attached hydrogens (tertiary/aromatic N) is 2. The van der Waals surface area contributed by atoms with Crippen molar-refractivity contribution in [1.29, 1.82) is 0 Å². The van der Waals surface area contributed by atoms with Crippen molar-refractivity contribution < 1.29 is 9.53 Å². The molecule has 1 atom stereocenters. The van der Waals surface area contributed by atoms with E-state index in [1.807, 2.05) is 4.90 Å². The summed E-state index contributed by atoms with van der Waals surface area (Å²) >= 11 is 0. The number of carbonyl (C=O) groups is 1. The van der Waals surface area contributed by atoms with Gasteiger partial charge in [-0.1, -0.05) is 6.92 Å². The van der Waals surface area contributed by atoms with Gasteiger partial charge in [-0.05, 0) is 32.3 Å². The number of hydrogen-bond donors (Lipinski definition) is 1. The molecule has 116 valence electrons. The van der Waals surface area contributed by atoms with Gasteiger partial charge in [0, 0.05) is 32.9 Å². The van der Waals surface area contributed by atoms with Crippen molar-refractivity contribution >= 4 is 11.6 Å². The van der Waals surface area contributed by atoms with E-state index >= 15 is 0 Å². The summed E-state index contributed by atoms with van der Waals surface area (Å²) < 4.78 is 5.57. The third kappa shape index (κ3) is 3.73. The lowest BCUT2D eigenvalue weighted by Gasteiger charge is -2.39. The Bertz CT molecular complexity index is 492. The van der Waals surface area contributed by atoms with Crippen LogP contribution in [0.2, 0.25) is 0 Å². The molecule has 1 aromatic rings. The quantitative estimate of drug-likeness (QED) is 0.906. The van der Waals surface area contributed by atoms with Crippen LogP contribution in [0.1, 0.15) is 43.5 Å². The Morgan fingerprint density at radius 2 is 2.38 bits per heavy atom. The van der Waals surface area contributed by atoms with Gasteiger partial charge in [0.1, 0.15) is 0 Å². The second kappa shape index (κ2) is 6.89. The molecule has 1 aliphatic rings. The molecule has 0 saturated carbocycles. The lowest BCUT2D eigenvalue weighted by molar-refractivity contribution is -0.0439. The van der Waals surface area contributed by atoms with Gasteiger partial charge in [-0.15, -0.1) is 0 Å². The number of carbonyl (C=O) groups excluding carboxylic acids is 1. The van der Waals surface area contributed by atoms with Gasteiger partial charge < -0.3 is 15.0 Å². The number of rotatable bonds is 5. The Morgan fingerprint density at radius 1 is 1.57 bits per heavy atom. The molecule has 0 bridgehead atoms. The van der Waals surface area contributed by atoms with Crippen LogP contribution in [0.3, 0.4) is 0 Å². The molecule has 1 aromatic heterocycles. The summed E-state index contributed by atoms with van der Waals surface area (Å²) in [6.45, 7) is 6.42. The number of anilines is 1. The average Bonchev–Trinajstić information content (AvgIpc) is 2.52. The van der Waals surface area contributed by atoms with Crippen molar-refractivity contribution in [3.8, 4) is 0 Å². The number of ether oxygens (including phenoxy) is 1. The number of methoxy groups -OCH3 is 1. The first kappa shape index (κ1) is 15.8. The van der Waals surface area contributed by atoms with E-state index < -0.39 is 0 Å². The fourth-order valence-corrected chi connectivity index (χ4v) is 2.70. The molecule has 1 aliphatic heterocycles. The Labute approximate surface area is 126 Å². The van der Waals surface area contributed by atoms with Gasteiger partial charge in [-0.25, -0.2) is 0 Å². The monoisotopic (exact) mass is 291 g/mol. The number of pyridine rings is 1. The van der Waals surface area contributed by atoms with Crippen molar-refractivity contribution in [3.63, 3.8) is 0 Å². The number of hydrogen-bond acceptors (Lipinski definition) is 4. The molecule has 0 aromatic carbocycles. The van der Waals surface area contributed by atoms with Crippen molar-refractivity contribution in [2.45, 2.75) is 38.7 Å². The van der Waals surface area contributed by atoms with E-state index in [4.69, 9.17) is 4.74 Å². The van der Waals surface area contributed by atoms with E-state index in [0.717, 1.165) is 38.0 Å². The van der Waals surface area contributed by atoms with Crippen LogP contribution in [0.5, 0.6) is 0 Å². The standard InChI is InChI=1S/C16H25N3O2/c1-4-8-18-14-11-17-9-6-13(14)15(20)19-10-5-7-16(2,12-19)21-3/h6,9,11,18H,4-5,7-8,10,12H2,1-3H3. The van der Waals surface area contributed by atoms with Crippen molar-refractivity contribution in [1.82, 2.24) is 9.88 Å². The molecule has 0 radical (unpaired) electrons. The zero-order chi connectivity index (χ0) is 15.3. The van der Waals surface area contributed by atoms with E-state index in [9.17, 15) is 4.79 Å². The number of amides is 1. The van der Waals surface area contributed by atoms with Crippen LogP contribution in [0.4, 0.5) is 5.69 Å². The first-order chi connectivity index (χ1) is 10.1. The van der Waals surface area contributed by atoms with Crippen LogP contribution >= 0.6 is 0 Å². The predicted octanol–water partition coefficient (Wildman–Crippen LogP) is 2.54. The average molecular weight is 291 g/mol. The highest BCUT2D eigenvalue weighted by atomic mass is 16.5. The highest BCUT2D eigenvalue weighted by Gasteiger charge is 2.33. The van der Waals surface area contributed by atoms with Crippen LogP contribution in [0.25, 0.3) is 0 Å². The molecule has 2 rings (SSSR count). The van der Waals surface area contributed by atoms with Crippen LogP contribution in [-0.2, 0) is 4.74 Å². The molecule has 1 N–H and O–H groups in total. The number of likely N-dealkylation sites (tertiary alicyclic amines) is 1. The molecule has 1 fully saturated rings. The number of aromatic nitrogens is 1. The smallest absolute Gasteiger partial charge is 0.256 e. The molecule has 1 amide bonds. The predicted molar refractivity (Wildman–Crippen MR) is 83.6 cm³/mol. The number of piperidine rings is 1. The topological polar surface area (TPSA) is 54.5 Å². The molecule has 5 heteroatoms. The lowest BCUT2D eigenvalue weighted by atomic mass is 9.94. The summed E-state index contributed by atoms with van der Waals surface area (Å²) in [4.78, 5) is 18.8. The Morgan fingerprint density at radius 3 is 3.10 bits per heavy atom. The van der Waals surface area contributed by atoms with Gasteiger partial charge in [0.25, 0.3) is 5.91 Å². The molecule has 1 unspecified atom stereocenters. The summed E-state index contributed by atoms with van der Waals surface area (Å²) in [6, 6.07) is 1.79. The van der Waals surface area contributed by atoms with Gasteiger partial charge in [0.15, 0.2) is 0 Å². The SMILES string of the molecule is CCCNc1cnccc1C(=O)N1CCCC(C)(OC)C1. The fraction of sp³-hybridized carbons (Fsp3) is 0.625. The summed E-state index contributed by atoms with van der Waals surface area (Å²) in [5.74, 6) is 0.0546. The maximum atomic E-state index is 12.8. The van der Waals surface area contributed by atoms with Crippen molar-refractivity contribution in [3.05, 3.63) is 24.0 Å². The third-order valence-corrected chi connectivity index (χ3v) is 4.06. The van der Waals surface area contributed by atoms with Gasteiger partial charge in [-0.3, -0.25) is 9.78 Å². The maximum Gasteiger partial charge on any atom is 0.256 e. The van der Waals surface area contributed by atoms with Crippen LogP contribution in [-0.4, -0.2) is 48.1 Å². The minimum Gasteiger partial charge on any atom is -0.383 e. The molecule has 0 aliphatic carbocycles. The summed E-state index contributed by atoms with van der Waals surface area (Å²) in [5.41, 5.74) is 1.27. The lowest BCUT2D eigenvalue weighted by Crippen LogP contribution is -2.49. The van der Waals surface area contributed by atoms with E-state index in [2.05, 4.69) is 24.1 Å². The van der Waals surface area contributed by atoms with Crippen molar-refractivity contribution in [2.75, 3.05) is 32.1 Å². The fourth-order valence-electron chi connectivity index (χ4n) is 2.70. The molecular formula is C16H25N3O2.